The van der Waals surface area contributed by atoms with Crippen LogP contribution in [-0.4, -0.2) is 40.1 Å². The molecule has 2 amide bonds. The van der Waals surface area contributed by atoms with Gasteiger partial charge in [-0.1, -0.05) is 29.8 Å². The highest BCUT2D eigenvalue weighted by Crippen LogP contribution is 2.15. The van der Waals surface area contributed by atoms with E-state index in [1.807, 2.05) is 0 Å². The summed E-state index contributed by atoms with van der Waals surface area (Å²) in [6, 6.07) is 13.4. The van der Waals surface area contributed by atoms with E-state index in [4.69, 9.17) is 11.6 Å². The molecule has 0 aliphatic rings. The Balaban J connectivity index is 1.80. The highest BCUT2D eigenvalue weighted by Gasteiger charge is 2.20. The van der Waals surface area contributed by atoms with Gasteiger partial charge in [-0.3, -0.25) is 14.4 Å². The number of hydrogen-bond donors (Lipinski definition) is 1. The largest absolute Gasteiger partial charge is 0.331 e. The first-order valence-corrected chi connectivity index (χ1v) is 8.51. The fraction of sp³-hybridized carbons (Fsp3) is 0.158. The van der Waals surface area contributed by atoms with Gasteiger partial charge in [0.25, 0.3) is 11.5 Å². The average Bonchev–Trinajstić information content (AvgIpc) is 2.66. The number of likely N-dealkylation sites (N-methyl/N-ethyl adjacent to an activating group) is 1. The number of carbonyl (C=O) groups excluding carboxylic acids is 2. The molecule has 0 unspecified atom stereocenters. The molecule has 1 heterocycles. The number of rotatable bonds is 4. The summed E-state index contributed by atoms with van der Waals surface area (Å²) in [6.45, 7) is -0.166. The molecular weight excluding hydrogens is 368 g/mol. The van der Waals surface area contributed by atoms with Crippen LogP contribution in [0.1, 0.15) is 10.5 Å². The van der Waals surface area contributed by atoms with Crippen LogP contribution in [0.3, 0.4) is 0 Å². The van der Waals surface area contributed by atoms with Gasteiger partial charge in [0, 0.05) is 30.2 Å². The maximum absolute atomic E-state index is 12.8. The number of nitrogens with zero attached hydrogens (tertiary/aromatic N) is 3. The van der Waals surface area contributed by atoms with E-state index in [1.165, 1.54) is 19.0 Å². The van der Waals surface area contributed by atoms with Gasteiger partial charge in [-0.2, -0.15) is 5.10 Å². The second kappa shape index (κ2) is 7.59. The van der Waals surface area contributed by atoms with Crippen molar-refractivity contribution in [3.05, 3.63) is 69.6 Å². The normalized spacial score (nSPS) is 10.6. The highest BCUT2D eigenvalue weighted by atomic mass is 35.5. The number of fused-ring (bicyclic) bond motifs is 1. The molecule has 0 spiro atoms. The summed E-state index contributed by atoms with van der Waals surface area (Å²) in [5, 5.41) is 8.20. The van der Waals surface area contributed by atoms with Gasteiger partial charge in [0.15, 0.2) is 5.69 Å². The minimum atomic E-state index is -0.451. The van der Waals surface area contributed by atoms with E-state index in [1.54, 1.807) is 48.5 Å². The Labute approximate surface area is 160 Å². The van der Waals surface area contributed by atoms with Gasteiger partial charge in [-0.15, -0.1) is 0 Å². The van der Waals surface area contributed by atoms with Crippen LogP contribution < -0.4 is 10.9 Å². The summed E-state index contributed by atoms with van der Waals surface area (Å²) in [5.74, 6) is -0.810. The standard InChI is InChI=1S/C19H17ClN4O3/c1-23(11-16(25)21-13-9-7-12(20)8-10-13)19(27)17-14-5-3-4-6-15(14)18(26)24(2)22-17/h3-10H,11H2,1-2H3,(H,21,25). The molecule has 0 fully saturated rings. The number of aryl methyl sites for hydroxylation is 1. The first-order chi connectivity index (χ1) is 12.9. The van der Waals surface area contributed by atoms with Gasteiger partial charge in [0.2, 0.25) is 5.91 Å². The molecule has 0 saturated heterocycles. The molecule has 1 N–H and O–H groups in total. The molecule has 27 heavy (non-hydrogen) atoms. The zero-order valence-corrected chi connectivity index (χ0v) is 15.5. The Morgan fingerprint density at radius 1 is 1.11 bits per heavy atom. The molecule has 0 saturated carbocycles. The van der Waals surface area contributed by atoms with Gasteiger partial charge in [-0.25, -0.2) is 4.68 Å². The summed E-state index contributed by atoms with van der Waals surface area (Å²) < 4.78 is 1.12. The van der Waals surface area contributed by atoms with Crippen molar-refractivity contribution in [2.75, 3.05) is 18.9 Å². The lowest BCUT2D eigenvalue weighted by Gasteiger charge is -2.17. The van der Waals surface area contributed by atoms with Crippen molar-refractivity contribution in [1.82, 2.24) is 14.7 Å². The van der Waals surface area contributed by atoms with Gasteiger partial charge >= 0.3 is 0 Å². The Bertz CT molecular complexity index is 1080. The summed E-state index contributed by atoms with van der Waals surface area (Å²) in [6.07, 6.45) is 0. The molecule has 0 bridgehead atoms. The zero-order chi connectivity index (χ0) is 19.6. The number of benzene rings is 2. The van der Waals surface area contributed by atoms with Gasteiger partial charge in [0.05, 0.1) is 11.9 Å². The fourth-order valence-corrected chi connectivity index (χ4v) is 2.79. The van der Waals surface area contributed by atoms with Crippen molar-refractivity contribution < 1.29 is 9.59 Å². The van der Waals surface area contributed by atoms with E-state index in [0.29, 0.717) is 21.5 Å². The van der Waals surface area contributed by atoms with E-state index < -0.39 is 5.91 Å². The average molecular weight is 385 g/mol. The number of nitrogens with one attached hydrogen (secondary N) is 1. The SMILES string of the molecule is CN(CC(=O)Nc1ccc(Cl)cc1)C(=O)c1nn(C)c(=O)c2ccccc12. The Morgan fingerprint density at radius 3 is 2.41 bits per heavy atom. The third-order valence-electron chi connectivity index (χ3n) is 4.01. The number of carbonyl (C=O) groups is 2. The number of amides is 2. The minimum absolute atomic E-state index is 0.120. The van der Waals surface area contributed by atoms with Crippen LogP contribution >= 0.6 is 11.6 Å². The topological polar surface area (TPSA) is 84.3 Å². The van der Waals surface area contributed by atoms with E-state index in [9.17, 15) is 14.4 Å². The molecular formula is C19H17ClN4O3. The lowest BCUT2D eigenvalue weighted by atomic mass is 10.1. The molecule has 0 atom stereocenters. The quantitative estimate of drug-likeness (QED) is 0.748. The van der Waals surface area contributed by atoms with Crippen molar-refractivity contribution in [2.24, 2.45) is 7.05 Å². The molecule has 8 heteroatoms. The third kappa shape index (κ3) is 3.98. The van der Waals surface area contributed by atoms with Crippen LogP contribution in [0.15, 0.2) is 53.3 Å². The van der Waals surface area contributed by atoms with Crippen LogP contribution in [0, 0.1) is 0 Å². The molecule has 138 valence electrons. The highest BCUT2D eigenvalue weighted by molar-refractivity contribution is 6.30. The Morgan fingerprint density at radius 2 is 1.74 bits per heavy atom. The summed E-state index contributed by atoms with van der Waals surface area (Å²) in [5.41, 5.74) is 0.413. The van der Waals surface area contributed by atoms with E-state index in [2.05, 4.69) is 10.4 Å². The summed E-state index contributed by atoms with van der Waals surface area (Å²) in [4.78, 5) is 38.5. The summed E-state index contributed by atoms with van der Waals surface area (Å²) >= 11 is 5.82. The number of hydrogen-bond acceptors (Lipinski definition) is 4. The van der Waals surface area contributed by atoms with Gasteiger partial charge in [-0.05, 0) is 30.3 Å². The zero-order valence-electron chi connectivity index (χ0n) is 14.8. The summed E-state index contributed by atoms with van der Waals surface area (Å²) in [7, 11) is 2.99. The lowest BCUT2D eigenvalue weighted by molar-refractivity contribution is -0.116. The van der Waals surface area contributed by atoms with Crippen molar-refractivity contribution in [3.8, 4) is 0 Å². The van der Waals surface area contributed by atoms with Crippen molar-refractivity contribution in [3.63, 3.8) is 0 Å². The molecule has 0 aliphatic heterocycles. The second-order valence-electron chi connectivity index (χ2n) is 6.04. The Hall–Kier alpha value is -3.19. The first-order valence-electron chi connectivity index (χ1n) is 8.14. The van der Waals surface area contributed by atoms with Crippen LogP contribution in [0.2, 0.25) is 5.02 Å². The van der Waals surface area contributed by atoms with Crippen LogP contribution in [0.25, 0.3) is 10.8 Å². The monoisotopic (exact) mass is 384 g/mol. The smallest absolute Gasteiger partial charge is 0.275 e. The number of halogens is 1. The molecule has 3 aromatic rings. The molecule has 3 rings (SSSR count). The minimum Gasteiger partial charge on any atom is -0.331 e. The lowest BCUT2D eigenvalue weighted by Crippen LogP contribution is -2.36. The van der Waals surface area contributed by atoms with Crippen molar-refractivity contribution in [2.45, 2.75) is 0 Å². The number of anilines is 1. The number of aromatic nitrogens is 2. The Kier molecular flexibility index (Phi) is 5.23. The molecule has 2 aromatic carbocycles. The van der Waals surface area contributed by atoms with Crippen molar-refractivity contribution >= 4 is 39.9 Å². The predicted octanol–water partition coefficient (Wildman–Crippen LogP) is 2.30. The molecule has 0 aliphatic carbocycles. The van der Waals surface area contributed by atoms with E-state index >= 15 is 0 Å². The van der Waals surface area contributed by atoms with Crippen molar-refractivity contribution in [1.29, 1.82) is 0 Å². The van der Waals surface area contributed by atoms with Gasteiger partial charge < -0.3 is 10.2 Å². The second-order valence-corrected chi connectivity index (χ2v) is 6.48. The molecule has 1 aromatic heterocycles. The third-order valence-corrected chi connectivity index (χ3v) is 4.27. The van der Waals surface area contributed by atoms with Crippen LogP contribution in [0.4, 0.5) is 5.69 Å². The maximum Gasteiger partial charge on any atom is 0.275 e. The van der Waals surface area contributed by atoms with Crippen LogP contribution in [-0.2, 0) is 11.8 Å². The van der Waals surface area contributed by atoms with Crippen LogP contribution in [0.5, 0.6) is 0 Å². The van der Waals surface area contributed by atoms with E-state index in [0.717, 1.165) is 4.68 Å². The predicted molar refractivity (Wildman–Crippen MR) is 104 cm³/mol. The molecule has 0 radical (unpaired) electrons. The van der Waals surface area contributed by atoms with Gasteiger partial charge in [0.1, 0.15) is 0 Å². The molecule has 7 nitrogen and oxygen atoms in total. The van der Waals surface area contributed by atoms with E-state index in [-0.39, 0.29) is 23.7 Å². The fourth-order valence-electron chi connectivity index (χ4n) is 2.66. The first kappa shape index (κ1) is 18.6. The maximum atomic E-state index is 12.8.